The average Bonchev–Trinajstić information content (AvgIpc) is 2.43. The number of hydrogen-bond acceptors (Lipinski definition) is 2. The zero-order valence-corrected chi connectivity index (χ0v) is 14.4. The molecule has 1 amide bonds. The number of amides is 1. The number of halogens is 3. The number of nitrogens with two attached hydrogens (primary N) is 1. The van der Waals surface area contributed by atoms with Gasteiger partial charge in [-0.25, -0.2) is 0 Å². The molecule has 0 saturated carbocycles. The summed E-state index contributed by atoms with van der Waals surface area (Å²) in [5.41, 5.74) is 6.94. The monoisotopic (exact) mass is 402 g/mol. The number of rotatable bonds is 3. The molecular formula is C14H9BrCl2N2OS. The van der Waals surface area contributed by atoms with Gasteiger partial charge in [-0.3, -0.25) is 4.79 Å². The largest absolute Gasteiger partial charge is 0.389 e. The van der Waals surface area contributed by atoms with Gasteiger partial charge in [-0.2, -0.15) is 0 Å². The van der Waals surface area contributed by atoms with Crippen LogP contribution in [0.5, 0.6) is 0 Å². The van der Waals surface area contributed by atoms with Gasteiger partial charge >= 0.3 is 0 Å². The molecule has 3 N–H and O–H groups in total. The molecule has 0 bridgehead atoms. The van der Waals surface area contributed by atoms with Crippen LogP contribution in [0.25, 0.3) is 0 Å². The Balaban J connectivity index is 2.33. The second kappa shape index (κ2) is 6.75. The average molecular weight is 404 g/mol. The van der Waals surface area contributed by atoms with E-state index in [0.29, 0.717) is 26.9 Å². The maximum Gasteiger partial charge on any atom is 0.257 e. The minimum atomic E-state index is -0.372. The van der Waals surface area contributed by atoms with E-state index < -0.39 is 0 Å². The summed E-state index contributed by atoms with van der Waals surface area (Å²) in [6, 6.07) is 9.94. The highest BCUT2D eigenvalue weighted by Crippen LogP contribution is 2.26. The first-order valence-corrected chi connectivity index (χ1v) is 7.70. The van der Waals surface area contributed by atoms with Crippen molar-refractivity contribution in [2.24, 2.45) is 5.73 Å². The lowest BCUT2D eigenvalue weighted by Gasteiger charge is -2.10. The minimum absolute atomic E-state index is 0.225. The van der Waals surface area contributed by atoms with Crippen LogP contribution in [0.1, 0.15) is 15.9 Å². The van der Waals surface area contributed by atoms with Crippen molar-refractivity contribution in [1.29, 1.82) is 0 Å². The molecule has 108 valence electrons. The highest BCUT2D eigenvalue weighted by Gasteiger charge is 2.13. The zero-order valence-electron chi connectivity index (χ0n) is 10.5. The van der Waals surface area contributed by atoms with Crippen molar-refractivity contribution in [3.8, 4) is 0 Å². The molecule has 2 aromatic carbocycles. The summed E-state index contributed by atoms with van der Waals surface area (Å²) in [7, 11) is 0. The van der Waals surface area contributed by atoms with E-state index in [1.54, 1.807) is 36.4 Å². The van der Waals surface area contributed by atoms with E-state index in [1.165, 1.54) is 0 Å². The molecule has 0 fully saturated rings. The van der Waals surface area contributed by atoms with E-state index in [0.717, 1.165) is 4.47 Å². The predicted octanol–water partition coefficient (Wildman–Crippen LogP) is 4.64. The molecule has 0 aliphatic heterocycles. The fourth-order valence-corrected chi connectivity index (χ4v) is 2.49. The summed E-state index contributed by atoms with van der Waals surface area (Å²) in [4.78, 5) is 12.5. The number of anilines is 1. The van der Waals surface area contributed by atoms with Crippen molar-refractivity contribution in [3.05, 3.63) is 62.0 Å². The molecule has 0 heterocycles. The summed E-state index contributed by atoms with van der Waals surface area (Å²) in [5.74, 6) is -0.372. The topological polar surface area (TPSA) is 55.1 Å². The molecule has 2 rings (SSSR count). The highest BCUT2D eigenvalue weighted by atomic mass is 79.9. The van der Waals surface area contributed by atoms with Gasteiger partial charge in [-0.1, -0.05) is 57.4 Å². The normalized spacial score (nSPS) is 10.2. The van der Waals surface area contributed by atoms with Gasteiger partial charge in [0.2, 0.25) is 0 Å². The van der Waals surface area contributed by atoms with E-state index in [1.807, 2.05) is 0 Å². The van der Waals surface area contributed by atoms with Crippen LogP contribution in [-0.4, -0.2) is 10.9 Å². The van der Waals surface area contributed by atoms with Crippen molar-refractivity contribution in [3.63, 3.8) is 0 Å². The zero-order chi connectivity index (χ0) is 15.6. The van der Waals surface area contributed by atoms with Crippen LogP contribution in [0, 0.1) is 0 Å². The molecule has 0 saturated heterocycles. The van der Waals surface area contributed by atoms with Crippen LogP contribution < -0.4 is 11.1 Å². The van der Waals surface area contributed by atoms with E-state index in [-0.39, 0.29) is 10.9 Å². The first kappa shape index (κ1) is 16.2. The van der Waals surface area contributed by atoms with Gasteiger partial charge in [0.1, 0.15) is 4.99 Å². The Bertz CT molecular complexity index is 737. The van der Waals surface area contributed by atoms with Crippen LogP contribution in [0.4, 0.5) is 5.69 Å². The van der Waals surface area contributed by atoms with Crippen molar-refractivity contribution >= 4 is 67.9 Å². The maximum atomic E-state index is 12.3. The second-order valence-corrected chi connectivity index (χ2v) is 6.31. The van der Waals surface area contributed by atoms with Gasteiger partial charge in [0.15, 0.2) is 0 Å². The maximum absolute atomic E-state index is 12.3. The molecule has 0 radical (unpaired) electrons. The Kier molecular flexibility index (Phi) is 5.22. The predicted molar refractivity (Wildman–Crippen MR) is 94.4 cm³/mol. The fourth-order valence-electron chi connectivity index (χ4n) is 1.64. The highest BCUT2D eigenvalue weighted by molar-refractivity contribution is 9.10. The van der Waals surface area contributed by atoms with Crippen LogP contribution in [-0.2, 0) is 0 Å². The van der Waals surface area contributed by atoms with Crippen LogP contribution >= 0.6 is 51.3 Å². The van der Waals surface area contributed by atoms with Gasteiger partial charge < -0.3 is 11.1 Å². The SMILES string of the molecule is NC(=S)c1ccc(Cl)c(NC(=O)c2cc(Br)ccc2Cl)c1. The van der Waals surface area contributed by atoms with Crippen LogP contribution in [0.15, 0.2) is 40.9 Å². The molecule has 0 atom stereocenters. The van der Waals surface area contributed by atoms with Crippen molar-refractivity contribution in [2.75, 3.05) is 5.32 Å². The first-order chi connectivity index (χ1) is 9.88. The summed E-state index contributed by atoms with van der Waals surface area (Å²) < 4.78 is 0.750. The van der Waals surface area contributed by atoms with Crippen LogP contribution in [0.3, 0.4) is 0 Å². The summed E-state index contributed by atoms with van der Waals surface area (Å²) >= 11 is 20.3. The van der Waals surface area contributed by atoms with Gasteiger partial charge in [0.25, 0.3) is 5.91 Å². The van der Waals surface area contributed by atoms with Crippen LogP contribution in [0.2, 0.25) is 10.0 Å². The molecule has 0 aliphatic carbocycles. The van der Waals surface area contributed by atoms with Crippen molar-refractivity contribution in [2.45, 2.75) is 0 Å². The third kappa shape index (κ3) is 3.95. The number of nitrogens with one attached hydrogen (secondary N) is 1. The molecule has 21 heavy (non-hydrogen) atoms. The van der Waals surface area contributed by atoms with Gasteiger partial charge in [-0.05, 0) is 30.3 Å². The Morgan fingerprint density at radius 2 is 1.81 bits per heavy atom. The molecule has 0 aromatic heterocycles. The molecule has 2 aromatic rings. The summed E-state index contributed by atoms with van der Waals surface area (Å²) in [6.45, 7) is 0. The quantitative estimate of drug-likeness (QED) is 0.733. The number of carbonyl (C=O) groups excluding carboxylic acids is 1. The van der Waals surface area contributed by atoms with E-state index in [9.17, 15) is 4.79 Å². The third-order valence-electron chi connectivity index (χ3n) is 2.67. The number of hydrogen-bond donors (Lipinski definition) is 2. The number of benzene rings is 2. The fraction of sp³-hybridized carbons (Fsp3) is 0. The molecule has 0 spiro atoms. The molecule has 7 heteroatoms. The van der Waals surface area contributed by atoms with Crippen molar-refractivity contribution < 1.29 is 4.79 Å². The van der Waals surface area contributed by atoms with E-state index in [4.69, 9.17) is 41.2 Å². The summed E-state index contributed by atoms with van der Waals surface area (Å²) in [5, 5.41) is 3.43. The van der Waals surface area contributed by atoms with Gasteiger partial charge in [0.05, 0.1) is 21.3 Å². The van der Waals surface area contributed by atoms with Gasteiger partial charge in [0, 0.05) is 10.0 Å². The molecular weight excluding hydrogens is 395 g/mol. The molecule has 0 aliphatic rings. The lowest BCUT2D eigenvalue weighted by Crippen LogP contribution is -2.14. The minimum Gasteiger partial charge on any atom is -0.389 e. The Labute approximate surface area is 145 Å². The standard InChI is InChI=1S/C14H9BrCl2N2OS/c15-8-2-4-10(16)9(6-8)14(20)19-12-5-7(13(18)21)1-3-11(12)17/h1-6H,(H2,18,21)(H,19,20). The Morgan fingerprint density at radius 1 is 1.14 bits per heavy atom. The van der Waals surface area contributed by atoms with Crippen molar-refractivity contribution in [1.82, 2.24) is 0 Å². The summed E-state index contributed by atoms with van der Waals surface area (Å²) in [6.07, 6.45) is 0. The Hall–Kier alpha value is -1.14. The van der Waals surface area contributed by atoms with E-state index >= 15 is 0 Å². The van der Waals surface area contributed by atoms with E-state index in [2.05, 4.69) is 21.2 Å². The van der Waals surface area contributed by atoms with Gasteiger partial charge in [-0.15, -0.1) is 0 Å². The smallest absolute Gasteiger partial charge is 0.257 e. The molecule has 3 nitrogen and oxygen atoms in total. The first-order valence-electron chi connectivity index (χ1n) is 5.74. The third-order valence-corrected chi connectivity index (χ3v) is 4.06. The number of thiocarbonyl (C=S) groups is 1. The Morgan fingerprint density at radius 3 is 2.48 bits per heavy atom. The number of carbonyl (C=O) groups is 1. The lowest BCUT2D eigenvalue weighted by molar-refractivity contribution is 0.102. The molecule has 0 unspecified atom stereocenters. The lowest BCUT2D eigenvalue weighted by atomic mass is 10.1. The second-order valence-electron chi connectivity index (χ2n) is 4.14.